The first-order chi connectivity index (χ1) is 17.9. The molecule has 0 aliphatic carbocycles. The van der Waals surface area contributed by atoms with Crippen LogP contribution < -0.4 is 15.2 Å². The van der Waals surface area contributed by atoms with Gasteiger partial charge in [0.25, 0.3) is 0 Å². The van der Waals surface area contributed by atoms with Crippen molar-refractivity contribution in [1.29, 1.82) is 0 Å². The highest BCUT2D eigenvalue weighted by Gasteiger charge is 2.65. The van der Waals surface area contributed by atoms with Gasteiger partial charge in [-0.3, -0.25) is 9.36 Å². The molecule has 0 amide bonds. The molecule has 15 heteroatoms. The van der Waals surface area contributed by atoms with Crippen LogP contribution in [-0.4, -0.2) is 38.3 Å². The predicted octanol–water partition coefficient (Wildman–Crippen LogP) is 6.90. The number of fused-ring (bicyclic) bond motifs is 1. The van der Waals surface area contributed by atoms with E-state index >= 15 is 4.39 Å². The maximum Gasteiger partial charge on any atom is 0.310 e. The lowest BCUT2D eigenvalue weighted by atomic mass is 10.1. The molecule has 0 aliphatic rings. The van der Waals surface area contributed by atoms with Crippen molar-refractivity contribution in [2.24, 2.45) is 0 Å². The molecule has 4 N–H and O–H groups in total. The summed E-state index contributed by atoms with van der Waals surface area (Å²) in [6.07, 6.45) is 1.25. The van der Waals surface area contributed by atoms with Gasteiger partial charge in [0, 0.05) is 29.3 Å². The topological polar surface area (TPSA) is 112 Å². The van der Waals surface area contributed by atoms with E-state index in [0.717, 1.165) is 22.8 Å². The van der Waals surface area contributed by atoms with Crippen LogP contribution in [-0.2, 0) is 6.54 Å². The molecular formula is C24H23F6N3O5S. The minimum atomic E-state index is -10.3. The molecule has 0 bridgehead atoms. The van der Waals surface area contributed by atoms with Gasteiger partial charge in [0.1, 0.15) is 10.7 Å². The minimum absolute atomic E-state index is 0.00991. The van der Waals surface area contributed by atoms with E-state index in [1.54, 1.807) is 13.8 Å². The zero-order valence-corrected chi connectivity index (χ0v) is 21.2. The Labute approximate surface area is 217 Å². The molecule has 0 saturated heterocycles. The Morgan fingerprint density at radius 3 is 2.15 bits per heavy atom. The van der Waals surface area contributed by atoms with E-state index in [2.05, 4.69) is 0 Å². The second-order valence-electron chi connectivity index (χ2n) is 8.48. The largest absolute Gasteiger partial charge is 0.494 e. The van der Waals surface area contributed by atoms with E-state index in [1.165, 1.54) is 12.3 Å². The number of nitrogen functional groups attached to an aromatic ring is 1. The first kappa shape index (κ1) is 27.9. The number of aromatic hydroxyl groups is 2. The summed E-state index contributed by atoms with van der Waals surface area (Å²) in [5, 5.41) is 19.9. The molecule has 2 aromatic carbocycles. The maximum absolute atomic E-state index is 15.3. The first-order valence-corrected chi connectivity index (χ1v) is 13.3. The Morgan fingerprint density at radius 2 is 1.59 bits per heavy atom. The zero-order valence-electron chi connectivity index (χ0n) is 20.4. The standard InChI is InChI=1S/C24H23F6N3O5S/c1-3-37-18-9-14-11-32(24(31)21(14)22(25)23(18)38-4-2)12-17(34)13-7-15(33-19(35)5-6-20(33)36)10-16(8-13)39(26,27,28,29)30/h5-11,35-36H,3-4,12,31H2,1-2H3. The summed E-state index contributed by atoms with van der Waals surface area (Å²) in [7, 11) is -10.3. The van der Waals surface area contributed by atoms with Crippen molar-refractivity contribution in [3.8, 4) is 28.9 Å². The summed E-state index contributed by atoms with van der Waals surface area (Å²) in [6, 6.07) is 4.01. The Balaban J connectivity index is 1.84. The number of ketones is 1. The SMILES string of the molecule is CCOc1cc2cn(CC(=O)c3cc(-n4c(O)ccc4O)cc(S(F)(F)(F)(F)F)c3)c(N)c2c(F)c1OCC. The van der Waals surface area contributed by atoms with E-state index in [-0.39, 0.29) is 53.4 Å². The van der Waals surface area contributed by atoms with Crippen molar-refractivity contribution in [3.05, 3.63) is 54.0 Å². The van der Waals surface area contributed by atoms with Gasteiger partial charge in [0.2, 0.25) is 0 Å². The molecular weight excluding hydrogens is 556 g/mol. The number of halogens is 6. The molecule has 2 heterocycles. The summed E-state index contributed by atoms with van der Waals surface area (Å²) in [4.78, 5) is 10.7. The molecule has 0 fully saturated rings. The number of anilines is 1. The highest BCUT2D eigenvalue weighted by atomic mass is 32.5. The molecule has 39 heavy (non-hydrogen) atoms. The fourth-order valence-corrected chi connectivity index (χ4v) is 4.76. The molecule has 0 spiro atoms. The van der Waals surface area contributed by atoms with Crippen molar-refractivity contribution in [2.45, 2.75) is 25.3 Å². The fraction of sp³-hybridized carbons (Fsp3) is 0.208. The van der Waals surface area contributed by atoms with Crippen molar-refractivity contribution in [2.75, 3.05) is 18.9 Å². The number of ether oxygens (including phenoxy) is 2. The van der Waals surface area contributed by atoms with E-state index in [4.69, 9.17) is 15.2 Å². The molecule has 0 radical (unpaired) electrons. The van der Waals surface area contributed by atoms with Gasteiger partial charge in [-0.05, 0) is 38.1 Å². The van der Waals surface area contributed by atoms with Gasteiger partial charge in [-0.15, -0.1) is 0 Å². The highest BCUT2D eigenvalue weighted by molar-refractivity contribution is 8.45. The third kappa shape index (κ3) is 5.26. The molecule has 4 rings (SSSR count). The van der Waals surface area contributed by atoms with Crippen LogP contribution in [0.5, 0.6) is 23.3 Å². The van der Waals surface area contributed by atoms with Gasteiger partial charge in [-0.2, -0.15) is 0 Å². The van der Waals surface area contributed by atoms with Crippen molar-refractivity contribution in [1.82, 2.24) is 9.13 Å². The van der Waals surface area contributed by atoms with E-state index in [0.29, 0.717) is 4.57 Å². The lowest BCUT2D eigenvalue weighted by molar-refractivity contribution is 0.0972. The number of nitrogens with zero attached hydrogens (tertiary/aromatic N) is 2. The highest BCUT2D eigenvalue weighted by Crippen LogP contribution is 3.02. The Morgan fingerprint density at radius 1 is 0.974 bits per heavy atom. The third-order valence-corrected chi connectivity index (χ3v) is 6.86. The van der Waals surface area contributed by atoms with Crippen molar-refractivity contribution >= 4 is 32.6 Å². The number of hydrogen-bond acceptors (Lipinski definition) is 6. The summed E-state index contributed by atoms with van der Waals surface area (Å²) in [5.41, 5.74) is 4.48. The summed E-state index contributed by atoms with van der Waals surface area (Å²) < 4.78 is 96.3. The third-order valence-electron chi connectivity index (χ3n) is 5.74. The minimum Gasteiger partial charge on any atom is -0.494 e. The van der Waals surface area contributed by atoms with E-state index < -0.39 is 56.3 Å². The molecule has 8 nitrogen and oxygen atoms in total. The fourth-order valence-electron chi connectivity index (χ4n) is 4.07. The van der Waals surface area contributed by atoms with E-state index in [9.17, 15) is 34.4 Å². The average molecular weight is 580 g/mol. The molecule has 0 saturated carbocycles. The van der Waals surface area contributed by atoms with Crippen LogP contribution in [0.4, 0.5) is 29.6 Å². The average Bonchev–Trinajstić information content (AvgIpc) is 3.32. The number of hydrogen-bond donors (Lipinski definition) is 3. The monoisotopic (exact) mass is 579 g/mol. The number of carbonyl (C=O) groups excluding carboxylic acids is 1. The van der Waals surface area contributed by atoms with Gasteiger partial charge in [-0.25, -0.2) is 4.39 Å². The summed E-state index contributed by atoms with van der Waals surface area (Å²) in [5.74, 6) is -3.95. The van der Waals surface area contributed by atoms with Crippen molar-refractivity contribution in [3.63, 3.8) is 0 Å². The van der Waals surface area contributed by atoms with Gasteiger partial charge in [0.05, 0.1) is 30.8 Å². The van der Waals surface area contributed by atoms with Gasteiger partial charge in [0.15, 0.2) is 34.9 Å². The molecule has 0 unspecified atom stereocenters. The summed E-state index contributed by atoms with van der Waals surface area (Å²) in [6.45, 7) is 2.80. The lowest BCUT2D eigenvalue weighted by Crippen LogP contribution is -2.14. The molecule has 2 aromatic heterocycles. The number of rotatable bonds is 9. The predicted molar refractivity (Wildman–Crippen MR) is 133 cm³/mol. The smallest absolute Gasteiger partial charge is 0.310 e. The van der Waals surface area contributed by atoms with Gasteiger partial charge in [-0.1, -0.05) is 19.4 Å². The van der Waals surface area contributed by atoms with E-state index in [1.807, 2.05) is 0 Å². The maximum atomic E-state index is 15.3. The first-order valence-electron chi connectivity index (χ1n) is 11.3. The van der Waals surface area contributed by atoms with Crippen LogP contribution in [0.25, 0.3) is 16.5 Å². The zero-order chi connectivity index (χ0) is 29.0. The number of benzene rings is 2. The molecule has 4 aromatic rings. The second kappa shape index (κ2) is 8.69. The number of nitrogens with two attached hydrogens (primary N) is 1. The molecule has 0 aliphatic heterocycles. The number of carbonyl (C=O) groups is 1. The Hall–Kier alpha value is -4.14. The van der Waals surface area contributed by atoms with Gasteiger partial charge < -0.3 is 30.0 Å². The number of Topliss-reactive ketones (excluding diaryl/α,β-unsaturated/α-hetero) is 1. The van der Waals surface area contributed by atoms with Crippen LogP contribution in [0, 0.1) is 5.82 Å². The van der Waals surface area contributed by atoms with Crippen LogP contribution in [0.15, 0.2) is 47.5 Å². The lowest BCUT2D eigenvalue weighted by Gasteiger charge is -2.40. The molecule has 212 valence electrons. The van der Waals surface area contributed by atoms with Crippen LogP contribution in [0.2, 0.25) is 0 Å². The second-order valence-corrected chi connectivity index (χ2v) is 10.9. The summed E-state index contributed by atoms with van der Waals surface area (Å²) >= 11 is 0. The van der Waals surface area contributed by atoms with Crippen molar-refractivity contribution < 1.29 is 48.3 Å². The Bertz CT molecular complexity index is 1600. The van der Waals surface area contributed by atoms with Crippen LogP contribution in [0.3, 0.4) is 0 Å². The van der Waals surface area contributed by atoms with Crippen LogP contribution >= 0.6 is 10.2 Å². The quantitative estimate of drug-likeness (QED) is 0.147. The molecule has 0 atom stereocenters. The normalized spacial score (nSPS) is 13.7. The van der Waals surface area contributed by atoms with Crippen LogP contribution in [0.1, 0.15) is 24.2 Å². The Kier molecular flexibility index (Phi) is 6.21. The number of aromatic nitrogens is 2. The van der Waals surface area contributed by atoms with Gasteiger partial charge >= 0.3 is 10.2 Å².